The molecule has 1 aliphatic carbocycles. The van der Waals surface area contributed by atoms with Crippen LogP contribution in [0.3, 0.4) is 0 Å². The summed E-state index contributed by atoms with van der Waals surface area (Å²) in [7, 11) is 0. The Morgan fingerprint density at radius 2 is 1.35 bits per heavy atom. The summed E-state index contributed by atoms with van der Waals surface area (Å²) in [5, 5.41) is 2.19. The van der Waals surface area contributed by atoms with Gasteiger partial charge in [-0.2, -0.15) is 0 Å². The number of fused-ring (bicyclic) bond motifs is 7. The zero-order chi connectivity index (χ0) is 26.8. The molecule has 0 N–H and O–H groups in total. The van der Waals surface area contributed by atoms with E-state index in [2.05, 4.69) is 61.3 Å². The summed E-state index contributed by atoms with van der Waals surface area (Å²) in [4.78, 5) is 19.4. The van der Waals surface area contributed by atoms with Crippen LogP contribution in [0, 0.1) is 0 Å². The largest absolute Gasteiger partial charge is 0.455 e. The molecule has 40 heavy (non-hydrogen) atoms. The number of para-hydroxylation sites is 1. The van der Waals surface area contributed by atoms with Crippen LogP contribution in [0.15, 0.2) is 114 Å². The Hall–Kier alpha value is -5.16. The maximum Gasteiger partial charge on any atom is 0.182 e. The van der Waals surface area contributed by atoms with Crippen LogP contribution in [-0.2, 0) is 5.41 Å². The highest BCUT2D eigenvalue weighted by Gasteiger charge is 2.38. The number of benzene rings is 4. The van der Waals surface area contributed by atoms with E-state index in [-0.39, 0.29) is 5.41 Å². The van der Waals surface area contributed by atoms with Crippen molar-refractivity contribution in [2.45, 2.75) is 19.3 Å². The second kappa shape index (κ2) is 8.42. The van der Waals surface area contributed by atoms with Gasteiger partial charge < -0.3 is 4.42 Å². The molecule has 5 nitrogen and oxygen atoms in total. The summed E-state index contributed by atoms with van der Waals surface area (Å²) >= 11 is 0. The minimum Gasteiger partial charge on any atom is -0.455 e. The second-order valence-electron chi connectivity index (χ2n) is 10.7. The zero-order valence-corrected chi connectivity index (χ0v) is 22.1. The van der Waals surface area contributed by atoms with E-state index in [1.807, 2.05) is 60.7 Å². The van der Waals surface area contributed by atoms with Crippen LogP contribution in [0.5, 0.6) is 0 Å². The summed E-state index contributed by atoms with van der Waals surface area (Å²) in [5.41, 5.74) is 8.91. The molecule has 3 heterocycles. The average Bonchev–Trinajstić information content (AvgIpc) is 3.50. The van der Waals surface area contributed by atoms with Crippen LogP contribution in [0.1, 0.15) is 25.0 Å². The van der Waals surface area contributed by atoms with E-state index in [1.165, 1.54) is 22.3 Å². The first-order valence-electron chi connectivity index (χ1n) is 13.4. The summed E-state index contributed by atoms with van der Waals surface area (Å²) in [5.74, 6) is 1.68. The van der Waals surface area contributed by atoms with Crippen LogP contribution in [-0.4, -0.2) is 19.9 Å². The van der Waals surface area contributed by atoms with Gasteiger partial charge in [0.05, 0.1) is 5.56 Å². The molecule has 0 bridgehead atoms. The third-order valence-electron chi connectivity index (χ3n) is 7.99. The van der Waals surface area contributed by atoms with E-state index in [0.717, 1.165) is 33.1 Å². The Morgan fingerprint density at radius 3 is 2.20 bits per heavy atom. The maximum absolute atomic E-state index is 6.62. The van der Waals surface area contributed by atoms with Gasteiger partial charge in [-0.05, 0) is 46.5 Å². The van der Waals surface area contributed by atoms with E-state index in [1.54, 1.807) is 6.20 Å². The van der Waals surface area contributed by atoms with Gasteiger partial charge in [-0.15, -0.1) is 0 Å². The quantitative estimate of drug-likeness (QED) is 0.236. The summed E-state index contributed by atoms with van der Waals surface area (Å²) in [6.07, 6.45) is 1.76. The van der Waals surface area contributed by atoms with E-state index in [9.17, 15) is 0 Å². The monoisotopic (exact) mass is 516 g/mol. The molecule has 0 saturated carbocycles. The van der Waals surface area contributed by atoms with Gasteiger partial charge in [0.1, 0.15) is 16.9 Å². The van der Waals surface area contributed by atoms with E-state index >= 15 is 0 Å². The first-order chi connectivity index (χ1) is 19.6. The first kappa shape index (κ1) is 22.8. The van der Waals surface area contributed by atoms with Crippen molar-refractivity contribution < 1.29 is 4.42 Å². The molecule has 7 aromatic rings. The van der Waals surface area contributed by atoms with Crippen molar-refractivity contribution >= 4 is 21.9 Å². The predicted octanol–water partition coefficient (Wildman–Crippen LogP) is 8.47. The van der Waals surface area contributed by atoms with Crippen molar-refractivity contribution in [1.82, 2.24) is 19.9 Å². The van der Waals surface area contributed by atoms with Gasteiger partial charge in [-0.25, -0.2) is 15.0 Å². The molecule has 0 saturated heterocycles. The molecular formula is C35H24N4O. The molecule has 3 aromatic heterocycles. The molecule has 0 spiro atoms. The minimum absolute atomic E-state index is 0.202. The number of hydrogen-bond acceptors (Lipinski definition) is 5. The van der Waals surface area contributed by atoms with Crippen molar-refractivity contribution in [3.63, 3.8) is 0 Å². The van der Waals surface area contributed by atoms with Crippen molar-refractivity contribution in [3.8, 4) is 45.4 Å². The van der Waals surface area contributed by atoms with Gasteiger partial charge in [0, 0.05) is 27.9 Å². The number of hydrogen-bond donors (Lipinski definition) is 0. The zero-order valence-electron chi connectivity index (χ0n) is 22.1. The van der Waals surface area contributed by atoms with Crippen molar-refractivity contribution in [3.05, 3.63) is 120 Å². The SMILES string of the molecule is CC1(C)c2ccccc2-c2c1cc(-c1nc(-c3ccccc3)nc(-c3ccccn3)n1)c1oc3ccccc3c21. The molecule has 0 fully saturated rings. The van der Waals surface area contributed by atoms with Crippen LogP contribution in [0.25, 0.3) is 67.4 Å². The Kier molecular flexibility index (Phi) is 4.80. The standard InChI is InChI=1S/C35H24N4O/c1-35(2)25-16-8-6-14-22(25)29-26(35)20-24(31-30(29)23-15-7-9-18-28(23)40-31)33-37-32(21-12-4-3-5-13-21)38-34(39-33)27-17-10-11-19-36-27/h3-20H,1-2H3. The van der Waals surface area contributed by atoms with Crippen LogP contribution >= 0.6 is 0 Å². The Bertz CT molecular complexity index is 2020. The van der Waals surface area contributed by atoms with E-state index in [4.69, 9.17) is 19.4 Å². The van der Waals surface area contributed by atoms with Gasteiger partial charge in [-0.3, -0.25) is 4.98 Å². The molecule has 1 aliphatic rings. The molecule has 0 unspecified atom stereocenters. The number of furan rings is 1. The third-order valence-corrected chi connectivity index (χ3v) is 7.99. The summed E-state index contributed by atoms with van der Waals surface area (Å²) < 4.78 is 6.62. The molecule has 0 amide bonds. The number of aromatic nitrogens is 4. The summed E-state index contributed by atoms with van der Waals surface area (Å²) in [6, 6.07) is 34.9. The lowest BCUT2D eigenvalue weighted by molar-refractivity contribution is 0.657. The van der Waals surface area contributed by atoms with E-state index < -0.39 is 0 Å². The lowest BCUT2D eigenvalue weighted by atomic mass is 9.81. The lowest BCUT2D eigenvalue weighted by Gasteiger charge is -2.22. The molecule has 0 atom stereocenters. The molecule has 8 rings (SSSR count). The summed E-state index contributed by atoms with van der Waals surface area (Å²) in [6.45, 7) is 4.58. The Labute approximate surface area is 231 Å². The van der Waals surface area contributed by atoms with Crippen LogP contribution < -0.4 is 0 Å². The van der Waals surface area contributed by atoms with Crippen LogP contribution in [0.4, 0.5) is 0 Å². The fraction of sp³-hybridized carbons (Fsp3) is 0.0857. The maximum atomic E-state index is 6.62. The van der Waals surface area contributed by atoms with Crippen molar-refractivity contribution in [2.75, 3.05) is 0 Å². The Morgan fingerprint density at radius 1 is 0.625 bits per heavy atom. The highest BCUT2D eigenvalue weighted by molar-refractivity contribution is 6.18. The van der Waals surface area contributed by atoms with E-state index in [0.29, 0.717) is 23.2 Å². The minimum atomic E-state index is -0.202. The Balaban J connectivity index is 1.49. The fourth-order valence-corrected chi connectivity index (χ4v) is 6.05. The number of pyridine rings is 1. The van der Waals surface area contributed by atoms with Gasteiger partial charge in [-0.1, -0.05) is 92.7 Å². The van der Waals surface area contributed by atoms with Crippen molar-refractivity contribution in [2.24, 2.45) is 0 Å². The van der Waals surface area contributed by atoms with Gasteiger partial charge in [0.15, 0.2) is 17.5 Å². The average molecular weight is 517 g/mol. The molecule has 190 valence electrons. The normalized spacial score (nSPS) is 13.4. The lowest BCUT2D eigenvalue weighted by Crippen LogP contribution is -2.15. The molecule has 0 aliphatic heterocycles. The highest BCUT2D eigenvalue weighted by Crippen LogP contribution is 2.54. The fourth-order valence-electron chi connectivity index (χ4n) is 6.05. The van der Waals surface area contributed by atoms with Gasteiger partial charge in [0.25, 0.3) is 0 Å². The number of nitrogens with zero attached hydrogens (tertiary/aromatic N) is 4. The smallest absolute Gasteiger partial charge is 0.182 e. The molecule has 4 aromatic carbocycles. The second-order valence-corrected chi connectivity index (χ2v) is 10.7. The van der Waals surface area contributed by atoms with Crippen molar-refractivity contribution in [1.29, 1.82) is 0 Å². The topological polar surface area (TPSA) is 64.7 Å². The molecule has 5 heteroatoms. The predicted molar refractivity (Wildman–Crippen MR) is 159 cm³/mol. The number of rotatable bonds is 3. The molecular weight excluding hydrogens is 492 g/mol. The first-order valence-corrected chi connectivity index (χ1v) is 13.4. The third kappa shape index (κ3) is 3.27. The van der Waals surface area contributed by atoms with Crippen LogP contribution in [0.2, 0.25) is 0 Å². The molecule has 0 radical (unpaired) electrons. The van der Waals surface area contributed by atoms with Gasteiger partial charge >= 0.3 is 0 Å². The van der Waals surface area contributed by atoms with Gasteiger partial charge in [0.2, 0.25) is 0 Å². The highest BCUT2D eigenvalue weighted by atomic mass is 16.3.